The summed E-state index contributed by atoms with van der Waals surface area (Å²) in [5.74, 6) is 0.213. The first-order chi connectivity index (χ1) is 19.2. The molecule has 0 fully saturated rings. The van der Waals surface area contributed by atoms with Gasteiger partial charge in [0.05, 0.1) is 19.3 Å². The van der Waals surface area contributed by atoms with Gasteiger partial charge < -0.3 is 4.42 Å². The highest BCUT2D eigenvalue weighted by Crippen LogP contribution is 2.35. The van der Waals surface area contributed by atoms with Gasteiger partial charge in [0.1, 0.15) is 11.2 Å². The first kappa shape index (κ1) is 14.1. The lowest BCUT2D eigenvalue weighted by molar-refractivity contribution is 0.669. The fourth-order valence-corrected chi connectivity index (χ4v) is 4.62. The van der Waals surface area contributed by atoms with Crippen LogP contribution in [0.4, 0.5) is 0 Å². The SMILES string of the molecule is [2H]c1c([2H])c([2H])c2c(oc3c([2H])c(-c4nc(Cl)nc(-n5c6ccccc6c6ccccc65)n4)c([2H])c(C)c32)c1[2H]. The fourth-order valence-electron chi connectivity index (χ4n) is 4.46. The first-order valence-corrected chi connectivity index (χ1v) is 10.9. The van der Waals surface area contributed by atoms with Crippen LogP contribution in [0.1, 0.15) is 13.8 Å². The van der Waals surface area contributed by atoms with Crippen LogP contribution in [0.25, 0.3) is 61.1 Å². The highest BCUT2D eigenvalue weighted by molar-refractivity contribution is 6.28. The van der Waals surface area contributed by atoms with Gasteiger partial charge >= 0.3 is 0 Å². The molecule has 0 saturated carbocycles. The number of rotatable bonds is 2. The number of aryl methyl sites for hydroxylation is 1. The van der Waals surface area contributed by atoms with E-state index >= 15 is 0 Å². The second kappa shape index (κ2) is 7.14. The Morgan fingerprint density at radius 1 is 0.824 bits per heavy atom. The summed E-state index contributed by atoms with van der Waals surface area (Å²) in [6.07, 6.45) is 0. The normalized spacial score (nSPS) is 14.3. The molecule has 0 unspecified atom stereocenters. The molecule has 0 atom stereocenters. The maximum Gasteiger partial charge on any atom is 0.239 e. The molecular formula is C28H17ClN4O. The Balaban J connectivity index is 1.55. The van der Waals surface area contributed by atoms with Gasteiger partial charge in [-0.1, -0.05) is 54.5 Å². The van der Waals surface area contributed by atoms with Gasteiger partial charge in [-0.05, 0) is 54.3 Å². The van der Waals surface area contributed by atoms with Crippen molar-refractivity contribution >= 4 is 55.3 Å². The summed E-state index contributed by atoms with van der Waals surface area (Å²) >= 11 is 6.41. The summed E-state index contributed by atoms with van der Waals surface area (Å²) < 4.78 is 58.5. The summed E-state index contributed by atoms with van der Waals surface area (Å²) in [4.78, 5) is 13.3. The lowest BCUT2D eigenvalue weighted by Gasteiger charge is -2.09. The van der Waals surface area contributed by atoms with E-state index in [9.17, 15) is 0 Å². The number of hydrogen-bond donors (Lipinski definition) is 0. The van der Waals surface area contributed by atoms with Gasteiger partial charge in [0.25, 0.3) is 0 Å². The van der Waals surface area contributed by atoms with Gasteiger partial charge in [-0.2, -0.15) is 15.0 Å². The van der Waals surface area contributed by atoms with Gasteiger partial charge in [-0.15, -0.1) is 0 Å². The van der Waals surface area contributed by atoms with Gasteiger partial charge in [0, 0.05) is 27.1 Å². The van der Waals surface area contributed by atoms with Crippen LogP contribution in [0.15, 0.2) is 89.2 Å². The molecule has 0 aliphatic rings. The van der Waals surface area contributed by atoms with E-state index in [1.165, 1.54) is 0 Å². The molecule has 34 heavy (non-hydrogen) atoms. The van der Waals surface area contributed by atoms with Crippen LogP contribution in [0.5, 0.6) is 0 Å². The second-order valence-corrected chi connectivity index (χ2v) is 8.20. The van der Waals surface area contributed by atoms with Crippen molar-refractivity contribution in [2.45, 2.75) is 6.92 Å². The van der Waals surface area contributed by atoms with Crippen LogP contribution < -0.4 is 0 Å². The predicted octanol–water partition coefficient (Wildman–Crippen LogP) is 7.50. The van der Waals surface area contributed by atoms with Crippen LogP contribution in [0, 0.1) is 6.92 Å². The number of benzene rings is 4. The van der Waals surface area contributed by atoms with Crippen molar-refractivity contribution in [3.63, 3.8) is 0 Å². The Bertz CT molecular complexity index is 2170. The highest BCUT2D eigenvalue weighted by atomic mass is 35.5. The topological polar surface area (TPSA) is 56.7 Å². The van der Waals surface area contributed by atoms with Gasteiger partial charge in [0.2, 0.25) is 11.2 Å². The van der Waals surface area contributed by atoms with E-state index in [2.05, 4.69) is 15.0 Å². The molecule has 7 rings (SSSR count). The first-order valence-electron chi connectivity index (χ1n) is 13.5. The molecule has 3 aromatic heterocycles. The van der Waals surface area contributed by atoms with Crippen LogP contribution >= 0.6 is 11.6 Å². The van der Waals surface area contributed by atoms with E-state index in [0.29, 0.717) is 5.56 Å². The van der Waals surface area contributed by atoms with Crippen LogP contribution in [-0.2, 0) is 0 Å². The van der Waals surface area contributed by atoms with Crippen LogP contribution in [-0.4, -0.2) is 19.5 Å². The Morgan fingerprint density at radius 3 is 2.29 bits per heavy atom. The number of halogens is 1. The highest BCUT2D eigenvalue weighted by Gasteiger charge is 2.17. The van der Waals surface area contributed by atoms with E-state index < -0.39 is 12.1 Å². The summed E-state index contributed by atoms with van der Waals surface area (Å²) in [5, 5.41) is 2.29. The molecule has 0 aliphatic carbocycles. The largest absolute Gasteiger partial charge is 0.456 e. The number of para-hydroxylation sites is 3. The van der Waals surface area contributed by atoms with E-state index in [-0.39, 0.29) is 68.7 Å². The minimum Gasteiger partial charge on any atom is -0.456 e. The fraction of sp³-hybridized carbons (Fsp3) is 0.0357. The molecule has 4 aromatic carbocycles. The number of furan rings is 1. The lowest BCUT2D eigenvalue weighted by Crippen LogP contribution is -2.04. The maximum absolute atomic E-state index is 8.99. The summed E-state index contributed by atoms with van der Waals surface area (Å²) in [5.41, 5.74) is 2.04. The van der Waals surface area contributed by atoms with Gasteiger partial charge in [0.15, 0.2) is 5.82 Å². The number of fused-ring (bicyclic) bond motifs is 6. The van der Waals surface area contributed by atoms with Crippen molar-refractivity contribution in [2.24, 2.45) is 0 Å². The van der Waals surface area contributed by atoms with Gasteiger partial charge in [-0.25, -0.2) is 0 Å². The Hall–Kier alpha value is -4.22. The van der Waals surface area contributed by atoms with Crippen LogP contribution in [0.3, 0.4) is 0 Å². The minimum absolute atomic E-state index is 0.00290. The van der Waals surface area contributed by atoms with Crippen molar-refractivity contribution in [3.05, 3.63) is 95.6 Å². The molecule has 5 nitrogen and oxygen atoms in total. The summed E-state index contributed by atoms with van der Waals surface area (Å²) in [6, 6.07) is 13.8. The van der Waals surface area contributed by atoms with Crippen molar-refractivity contribution in [1.29, 1.82) is 0 Å². The van der Waals surface area contributed by atoms with Gasteiger partial charge in [-0.3, -0.25) is 4.57 Å². The third kappa shape index (κ3) is 2.77. The lowest BCUT2D eigenvalue weighted by atomic mass is 10.0. The van der Waals surface area contributed by atoms with E-state index in [4.69, 9.17) is 24.2 Å². The Morgan fingerprint density at radius 2 is 1.53 bits per heavy atom. The molecule has 0 bridgehead atoms. The third-order valence-corrected chi connectivity index (χ3v) is 6.03. The molecule has 3 heterocycles. The van der Waals surface area contributed by atoms with Crippen molar-refractivity contribution < 1.29 is 12.6 Å². The molecule has 0 N–H and O–H groups in total. The average molecular weight is 467 g/mol. The molecule has 162 valence electrons. The predicted molar refractivity (Wildman–Crippen MR) is 137 cm³/mol. The zero-order chi connectivity index (χ0) is 28.0. The molecular weight excluding hydrogens is 444 g/mol. The molecule has 0 radical (unpaired) electrons. The quantitative estimate of drug-likeness (QED) is 0.264. The maximum atomic E-state index is 8.99. The number of hydrogen-bond acceptors (Lipinski definition) is 4. The number of nitrogens with zero attached hydrogens (tertiary/aromatic N) is 4. The zero-order valence-corrected chi connectivity index (χ0v) is 18.4. The molecule has 7 aromatic rings. The third-order valence-electron chi connectivity index (χ3n) is 5.86. The smallest absolute Gasteiger partial charge is 0.239 e. The van der Waals surface area contributed by atoms with Crippen molar-refractivity contribution in [3.8, 4) is 17.3 Å². The van der Waals surface area contributed by atoms with Crippen LogP contribution in [0.2, 0.25) is 5.28 Å². The van der Waals surface area contributed by atoms with Crippen molar-refractivity contribution in [2.75, 3.05) is 0 Å². The molecule has 0 spiro atoms. The Kier molecular flexibility index (Phi) is 2.97. The van der Waals surface area contributed by atoms with E-state index in [0.717, 1.165) is 21.8 Å². The zero-order valence-electron chi connectivity index (χ0n) is 23.7. The molecule has 0 aliphatic heterocycles. The second-order valence-electron chi connectivity index (χ2n) is 7.86. The minimum atomic E-state index is -0.438. The standard InChI is InChI=1S/C28H17ClN4O/c1-16-14-17(15-24-25(16)20-10-4-7-13-23(20)34-24)26-30-27(29)32-28(31-26)33-21-11-5-2-8-18(21)19-9-3-6-12-22(19)33/h2-15H,1H3/i4D,7D,10D,13D,14D,15D. The van der Waals surface area contributed by atoms with E-state index in [1.54, 1.807) is 6.92 Å². The molecule has 6 heteroatoms. The van der Waals surface area contributed by atoms with E-state index in [1.807, 2.05) is 53.1 Å². The molecule has 0 saturated heterocycles. The van der Waals surface area contributed by atoms with Crippen molar-refractivity contribution in [1.82, 2.24) is 19.5 Å². The average Bonchev–Trinajstić information content (AvgIpc) is 3.51. The number of aromatic nitrogens is 4. The molecule has 0 amide bonds. The summed E-state index contributed by atoms with van der Waals surface area (Å²) in [7, 11) is 0. The monoisotopic (exact) mass is 466 g/mol. The Labute approximate surface area is 207 Å². The summed E-state index contributed by atoms with van der Waals surface area (Å²) in [6.45, 7) is 1.64.